The Kier molecular flexibility index (Phi) is 4.16. The fourth-order valence-corrected chi connectivity index (χ4v) is 3.78. The lowest BCUT2D eigenvalue weighted by molar-refractivity contribution is 0.0712. The number of ketones is 1. The zero-order chi connectivity index (χ0) is 13.9. The molecule has 0 spiro atoms. The van der Waals surface area contributed by atoms with Crippen LogP contribution in [0.1, 0.15) is 42.5 Å². The van der Waals surface area contributed by atoms with Crippen LogP contribution < -0.4 is 0 Å². The SMILES string of the molecule is O=C(CN1CCC2CCCCC2C1)c1cccc(F)c1. The van der Waals surface area contributed by atoms with Crippen LogP contribution in [-0.2, 0) is 0 Å². The molecular weight excluding hydrogens is 253 g/mol. The van der Waals surface area contributed by atoms with Gasteiger partial charge in [-0.1, -0.05) is 31.4 Å². The van der Waals surface area contributed by atoms with Gasteiger partial charge in [0, 0.05) is 12.1 Å². The molecule has 2 aliphatic rings. The highest BCUT2D eigenvalue weighted by molar-refractivity contribution is 5.97. The number of hydrogen-bond donors (Lipinski definition) is 0. The number of halogens is 1. The molecule has 0 bridgehead atoms. The molecule has 0 N–H and O–H groups in total. The maximum atomic E-state index is 13.2. The number of piperidine rings is 1. The van der Waals surface area contributed by atoms with Gasteiger partial charge in [-0.25, -0.2) is 4.39 Å². The fraction of sp³-hybridized carbons (Fsp3) is 0.588. The van der Waals surface area contributed by atoms with Crippen molar-refractivity contribution in [2.24, 2.45) is 11.8 Å². The Balaban J connectivity index is 1.59. The summed E-state index contributed by atoms with van der Waals surface area (Å²) in [4.78, 5) is 14.5. The summed E-state index contributed by atoms with van der Waals surface area (Å²) in [7, 11) is 0. The van der Waals surface area contributed by atoms with Crippen molar-refractivity contribution in [3.8, 4) is 0 Å². The smallest absolute Gasteiger partial charge is 0.176 e. The number of rotatable bonds is 3. The van der Waals surface area contributed by atoms with Crippen molar-refractivity contribution in [2.75, 3.05) is 19.6 Å². The molecule has 2 fully saturated rings. The average molecular weight is 275 g/mol. The minimum Gasteiger partial charge on any atom is -0.296 e. The predicted molar refractivity (Wildman–Crippen MR) is 77.2 cm³/mol. The summed E-state index contributed by atoms with van der Waals surface area (Å²) in [5.41, 5.74) is 0.496. The molecule has 1 aromatic rings. The Morgan fingerprint density at radius 1 is 1.20 bits per heavy atom. The van der Waals surface area contributed by atoms with Crippen LogP contribution >= 0.6 is 0 Å². The van der Waals surface area contributed by atoms with Crippen LogP contribution in [0.15, 0.2) is 24.3 Å². The third kappa shape index (κ3) is 3.09. The minimum absolute atomic E-state index is 0.0405. The summed E-state index contributed by atoms with van der Waals surface area (Å²) in [5, 5.41) is 0. The van der Waals surface area contributed by atoms with Crippen LogP contribution in [0.5, 0.6) is 0 Å². The second-order valence-electron chi connectivity index (χ2n) is 6.26. The average Bonchev–Trinajstić information content (AvgIpc) is 2.47. The molecule has 2 nitrogen and oxygen atoms in total. The van der Waals surface area contributed by atoms with Gasteiger partial charge in [-0.3, -0.25) is 9.69 Å². The van der Waals surface area contributed by atoms with E-state index in [0.717, 1.165) is 24.9 Å². The first-order valence-electron chi connectivity index (χ1n) is 7.73. The minimum atomic E-state index is -0.332. The molecule has 2 atom stereocenters. The number of nitrogens with zero attached hydrogens (tertiary/aromatic N) is 1. The first-order valence-corrected chi connectivity index (χ1v) is 7.73. The number of carbonyl (C=O) groups is 1. The molecule has 0 radical (unpaired) electrons. The summed E-state index contributed by atoms with van der Waals surface area (Å²) in [6, 6.07) is 6.04. The van der Waals surface area contributed by atoms with Crippen molar-refractivity contribution in [3.63, 3.8) is 0 Å². The zero-order valence-electron chi connectivity index (χ0n) is 11.9. The van der Waals surface area contributed by atoms with Gasteiger partial charge in [0.2, 0.25) is 0 Å². The Morgan fingerprint density at radius 2 is 2.00 bits per heavy atom. The van der Waals surface area contributed by atoms with Crippen molar-refractivity contribution >= 4 is 5.78 Å². The monoisotopic (exact) mass is 275 g/mol. The highest BCUT2D eigenvalue weighted by atomic mass is 19.1. The lowest BCUT2D eigenvalue weighted by Gasteiger charge is -2.41. The van der Waals surface area contributed by atoms with E-state index < -0.39 is 0 Å². The molecule has 1 saturated carbocycles. The van der Waals surface area contributed by atoms with Gasteiger partial charge >= 0.3 is 0 Å². The van der Waals surface area contributed by atoms with E-state index in [4.69, 9.17) is 0 Å². The quantitative estimate of drug-likeness (QED) is 0.787. The highest BCUT2D eigenvalue weighted by Gasteiger charge is 2.31. The standard InChI is InChI=1S/C17H22FNO/c18-16-7-3-6-14(10-16)17(20)12-19-9-8-13-4-1-2-5-15(13)11-19/h3,6-7,10,13,15H,1-2,4-5,8-9,11-12H2. The topological polar surface area (TPSA) is 20.3 Å². The molecule has 3 rings (SSSR count). The number of Topliss-reactive ketones (excluding diaryl/α,β-unsaturated/α-hetero) is 1. The molecular formula is C17H22FNO. The molecule has 1 aliphatic carbocycles. The second-order valence-corrected chi connectivity index (χ2v) is 6.26. The Bertz CT molecular complexity index is 488. The Morgan fingerprint density at radius 3 is 2.80 bits per heavy atom. The van der Waals surface area contributed by atoms with Crippen LogP contribution in [0.25, 0.3) is 0 Å². The maximum Gasteiger partial charge on any atom is 0.176 e. The summed E-state index contributed by atoms with van der Waals surface area (Å²) >= 11 is 0. The molecule has 0 amide bonds. The van der Waals surface area contributed by atoms with E-state index in [1.54, 1.807) is 12.1 Å². The van der Waals surface area contributed by atoms with E-state index in [1.807, 2.05) is 0 Å². The normalized spacial score (nSPS) is 27.1. The molecule has 20 heavy (non-hydrogen) atoms. The highest BCUT2D eigenvalue weighted by Crippen LogP contribution is 2.35. The summed E-state index contributed by atoms with van der Waals surface area (Å²) in [6.07, 6.45) is 6.63. The third-order valence-corrected chi connectivity index (χ3v) is 4.89. The van der Waals surface area contributed by atoms with Crippen molar-refractivity contribution in [1.82, 2.24) is 4.90 Å². The fourth-order valence-electron chi connectivity index (χ4n) is 3.78. The molecule has 3 heteroatoms. The zero-order valence-corrected chi connectivity index (χ0v) is 11.9. The lowest BCUT2D eigenvalue weighted by atomic mass is 9.75. The van der Waals surface area contributed by atoms with E-state index in [0.29, 0.717) is 12.1 Å². The Labute approximate surface area is 120 Å². The molecule has 1 aromatic carbocycles. The molecule has 1 heterocycles. The number of benzene rings is 1. The van der Waals surface area contributed by atoms with Gasteiger partial charge < -0.3 is 0 Å². The van der Waals surface area contributed by atoms with Gasteiger partial charge in [-0.15, -0.1) is 0 Å². The van der Waals surface area contributed by atoms with Crippen LogP contribution in [0.4, 0.5) is 4.39 Å². The van der Waals surface area contributed by atoms with Crippen LogP contribution in [0.2, 0.25) is 0 Å². The Hall–Kier alpha value is -1.22. The lowest BCUT2D eigenvalue weighted by Crippen LogP contribution is -2.43. The second kappa shape index (κ2) is 6.04. The van der Waals surface area contributed by atoms with E-state index in [2.05, 4.69) is 4.90 Å². The van der Waals surface area contributed by atoms with Crippen LogP contribution in [-0.4, -0.2) is 30.3 Å². The van der Waals surface area contributed by atoms with Crippen LogP contribution in [0, 0.1) is 17.7 Å². The van der Waals surface area contributed by atoms with E-state index in [1.165, 1.54) is 44.2 Å². The number of likely N-dealkylation sites (tertiary alicyclic amines) is 1. The molecule has 2 unspecified atom stereocenters. The van der Waals surface area contributed by atoms with Crippen molar-refractivity contribution in [1.29, 1.82) is 0 Å². The van der Waals surface area contributed by atoms with Crippen molar-refractivity contribution in [3.05, 3.63) is 35.6 Å². The summed E-state index contributed by atoms with van der Waals surface area (Å²) < 4.78 is 13.2. The summed E-state index contributed by atoms with van der Waals surface area (Å²) in [6.45, 7) is 2.50. The maximum absolute atomic E-state index is 13.2. The third-order valence-electron chi connectivity index (χ3n) is 4.89. The largest absolute Gasteiger partial charge is 0.296 e. The number of hydrogen-bond acceptors (Lipinski definition) is 2. The molecule has 1 saturated heterocycles. The molecule has 0 aromatic heterocycles. The van der Waals surface area contributed by atoms with Crippen molar-refractivity contribution < 1.29 is 9.18 Å². The van der Waals surface area contributed by atoms with Gasteiger partial charge in [0.05, 0.1) is 6.54 Å². The van der Waals surface area contributed by atoms with Gasteiger partial charge in [-0.05, 0) is 43.4 Å². The first-order chi connectivity index (χ1) is 9.72. The first kappa shape index (κ1) is 13.7. The van der Waals surface area contributed by atoms with E-state index >= 15 is 0 Å². The summed E-state index contributed by atoms with van der Waals surface area (Å²) in [5.74, 6) is 1.36. The van der Waals surface area contributed by atoms with Gasteiger partial charge in [-0.2, -0.15) is 0 Å². The van der Waals surface area contributed by atoms with Gasteiger partial charge in [0.15, 0.2) is 5.78 Å². The van der Waals surface area contributed by atoms with Gasteiger partial charge in [0.25, 0.3) is 0 Å². The predicted octanol–water partition coefficient (Wildman–Crippen LogP) is 3.52. The van der Waals surface area contributed by atoms with E-state index in [9.17, 15) is 9.18 Å². The number of fused-ring (bicyclic) bond motifs is 1. The van der Waals surface area contributed by atoms with E-state index in [-0.39, 0.29) is 11.6 Å². The van der Waals surface area contributed by atoms with Crippen molar-refractivity contribution in [2.45, 2.75) is 32.1 Å². The van der Waals surface area contributed by atoms with Crippen LogP contribution in [0.3, 0.4) is 0 Å². The molecule has 1 aliphatic heterocycles. The number of carbonyl (C=O) groups excluding carboxylic acids is 1. The van der Waals surface area contributed by atoms with Gasteiger partial charge in [0.1, 0.15) is 5.82 Å². The molecule has 108 valence electrons.